The van der Waals surface area contributed by atoms with Crippen LogP contribution < -0.4 is 0 Å². The van der Waals surface area contributed by atoms with Crippen LogP contribution in [0.5, 0.6) is 0 Å². The first kappa shape index (κ1) is 11.0. The average Bonchev–Trinajstić information content (AvgIpc) is 2.29. The summed E-state index contributed by atoms with van der Waals surface area (Å²) in [6, 6.07) is 8.42. The highest BCUT2D eigenvalue weighted by molar-refractivity contribution is 7.80. The minimum absolute atomic E-state index is 1.13. The van der Waals surface area contributed by atoms with Gasteiger partial charge in [-0.15, -0.1) is 12.6 Å². The van der Waals surface area contributed by atoms with Crippen LogP contribution in [0.4, 0.5) is 0 Å². The first-order valence-corrected chi connectivity index (χ1v) is 6.30. The van der Waals surface area contributed by atoms with Gasteiger partial charge in [0.05, 0.1) is 0 Å². The van der Waals surface area contributed by atoms with Gasteiger partial charge >= 0.3 is 0 Å². The molecule has 1 heterocycles. The van der Waals surface area contributed by atoms with Gasteiger partial charge in [0.2, 0.25) is 0 Å². The van der Waals surface area contributed by atoms with Crippen molar-refractivity contribution in [2.75, 3.05) is 19.6 Å². The van der Waals surface area contributed by atoms with E-state index in [-0.39, 0.29) is 0 Å². The van der Waals surface area contributed by atoms with Crippen LogP contribution >= 0.6 is 12.6 Å². The van der Waals surface area contributed by atoms with Gasteiger partial charge in [0.1, 0.15) is 0 Å². The first-order valence-electron chi connectivity index (χ1n) is 5.85. The minimum atomic E-state index is 1.13. The maximum atomic E-state index is 4.48. The lowest BCUT2D eigenvalue weighted by Gasteiger charge is -2.26. The number of benzene rings is 1. The summed E-state index contributed by atoms with van der Waals surface area (Å²) in [5.41, 5.74) is 1.38. The molecule has 1 aromatic carbocycles. The van der Waals surface area contributed by atoms with Crippen LogP contribution in [-0.4, -0.2) is 24.5 Å². The molecule has 0 amide bonds. The highest BCUT2D eigenvalue weighted by Gasteiger charge is 2.09. The molecule has 1 aliphatic rings. The SMILES string of the molecule is Sc1ccccc1CCN1CCCCC1. The first-order chi connectivity index (χ1) is 7.36. The molecule has 0 atom stereocenters. The second-order valence-corrected chi connectivity index (χ2v) is 4.76. The van der Waals surface area contributed by atoms with E-state index in [4.69, 9.17) is 0 Å². The van der Waals surface area contributed by atoms with Crippen LogP contribution in [0.1, 0.15) is 24.8 Å². The maximum Gasteiger partial charge on any atom is 0.00725 e. The van der Waals surface area contributed by atoms with Crippen molar-refractivity contribution in [3.8, 4) is 0 Å². The fourth-order valence-corrected chi connectivity index (χ4v) is 2.46. The quantitative estimate of drug-likeness (QED) is 0.768. The summed E-state index contributed by atoms with van der Waals surface area (Å²) in [6.45, 7) is 3.76. The van der Waals surface area contributed by atoms with Gasteiger partial charge in [0.15, 0.2) is 0 Å². The number of hydrogen-bond donors (Lipinski definition) is 1. The van der Waals surface area contributed by atoms with E-state index < -0.39 is 0 Å². The molecule has 1 saturated heterocycles. The van der Waals surface area contributed by atoms with E-state index in [9.17, 15) is 0 Å². The van der Waals surface area contributed by atoms with Crippen molar-refractivity contribution < 1.29 is 0 Å². The van der Waals surface area contributed by atoms with Gasteiger partial charge in [-0.25, -0.2) is 0 Å². The van der Waals surface area contributed by atoms with E-state index in [1.807, 2.05) is 6.07 Å². The molecule has 2 heteroatoms. The number of likely N-dealkylation sites (tertiary alicyclic amines) is 1. The van der Waals surface area contributed by atoms with Crippen LogP contribution in [-0.2, 0) is 6.42 Å². The zero-order valence-electron chi connectivity index (χ0n) is 9.15. The lowest BCUT2D eigenvalue weighted by molar-refractivity contribution is 0.231. The zero-order valence-corrected chi connectivity index (χ0v) is 10.0. The number of hydrogen-bond acceptors (Lipinski definition) is 2. The van der Waals surface area contributed by atoms with E-state index in [0.717, 1.165) is 11.3 Å². The Morgan fingerprint density at radius 1 is 1.07 bits per heavy atom. The summed E-state index contributed by atoms with van der Waals surface area (Å²) in [4.78, 5) is 3.71. The molecule has 0 saturated carbocycles. The third-order valence-corrected chi connectivity index (χ3v) is 3.57. The Morgan fingerprint density at radius 3 is 2.53 bits per heavy atom. The van der Waals surface area contributed by atoms with Crippen molar-refractivity contribution in [2.45, 2.75) is 30.6 Å². The molecule has 1 aromatic rings. The van der Waals surface area contributed by atoms with Crippen molar-refractivity contribution in [1.29, 1.82) is 0 Å². The topological polar surface area (TPSA) is 3.24 Å². The monoisotopic (exact) mass is 221 g/mol. The van der Waals surface area contributed by atoms with E-state index >= 15 is 0 Å². The van der Waals surface area contributed by atoms with Gasteiger partial charge in [-0.3, -0.25) is 0 Å². The number of rotatable bonds is 3. The number of nitrogens with zero attached hydrogens (tertiary/aromatic N) is 1. The van der Waals surface area contributed by atoms with E-state index in [1.165, 1.54) is 44.5 Å². The number of piperidine rings is 1. The summed E-state index contributed by atoms with van der Waals surface area (Å²) in [7, 11) is 0. The largest absolute Gasteiger partial charge is 0.303 e. The molecular weight excluding hydrogens is 202 g/mol. The summed E-state index contributed by atoms with van der Waals surface area (Å²) in [6.07, 6.45) is 5.31. The van der Waals surface area contributed by atoms with Crippen molar-refractivity contribution in [1.82, 2.24) is 4.90 Å². The highest BCUT2D eigenvalue weighted by Crippen LogP contribution is 2.15. The van der Waals surface area contributed by atoms with Crippen LogP contribution in [0, 0.1) is 0 Å². The number of thiol groups is 1. The maximum absolute atomic E-state index is 4.48. The zero-order chi connectivity index (χ0) is 10.5. The highest BCUT2D eigenvalue weighted by atomic mass is 32.1. The standard InChI is InChI=1S/C13H19NS/c15-13-7-3-2-6-12(13)8-11-14-9-4-1-5-10-14/h2-3,6-7,15H,1,4-5,8-11H2. The predicted molar refractivity (Wildman–Crippen MR) is 67.7 cm³/mol. The summed E-state index contributed by atoms with van der Waals surface area (Å²) in [5, 5.41) is 0. The van der Waals surface area contributed by atoms with Crippen LogP contribution in [0.25, 0.3) is 0 Å². The molecule has 2 rings (SSSR count). The van der Waals surface area contributed by atoms with E-state index in [1.54, 1.807) is 0 Å². The molecule has 1 nitrogen and oxygen atoms in total. The Hall–Kier alpha value is -0.470. The Morgan fingerprint density at radius 2 is 1.80 bits per heavy atom. The summed E-state index contributed by atoms with van der Waals surface area (Å²) in [5.74, 6) is 0. The van der Waals surface area contributed by atoms with Crippen molar-refractivity contribution in [3.63, 3.8) is 0 Å². The third kappa shape index (κ3) is 3.25. The molecule has 0 aromatic heterocycles. The fraction of sp³-hybridized carbons (Fsp3) is 0.538. The van der Waals surface area contributed by atoms with Crippen molar-refractivity contribution >= 4 is 12.6 Å². The smallest absolute Gasteiger partial charge is 0.00725 e. The molecule has 1 fully saturated rings. The molecule has 0 N–H and O–H groups in total. The normalized spacial score (nSPS) is 17.9. The third-order valence-electron chi connectivity index (χ3n) is 3.14. The Labute approximate surface area is 97.9 Å². The van der Waals surface area contributed by atoms with Crippen molar-refractivity contribution in [3.05, 3.63) is 29.8 Å². The second-order valence-electron chi connectivity index (χ2n) is 4.28. The van der Waals surface area contributed by atoms with Crippen molar-refractivity contribution in [2.24, 2.45) is 0 Å². The molecule has 1 aliphatic heterocycles. The molecule has 0 bridgehead atoms. The van der Waals surface area contributed by atoms with E-state index in [0.29, 0.717) is 0 Å². The van der Waals surface area contributed by atoms with Gasteiger partial charge in [-0.05, 0) is 44.0 Å². The Kier molecular flexibility index (Phi) is 4.09. The van der Waals surface area contributed by atoms with Gasteiger partial charge < -0.3 is 4.90 Å². The molecule has 0 aliphatic carbocycles. The molecule has 15 heavy (non-hydrogen) atoms. The minimum Gasteiger partial charge on any atom is -0.303 e. The molecule has 82 valence electrons. The van der Waals surface area contributed by atoms with Gasteiger partial charge in [0, 0.05) is 11.4 Å². The van der Waals surface area contributed by atoms with Gasteiger partial charge in [-0.2, -0.15) is 0 Å². The summed E-state index contributed by atoms with van der Waals surface area (Å²) >= 11 is 4.48. The fourth-order valence-electron chi connectivity index (χ4n) is 2.18. The van der Waals surface area contributed by atoms with Crippen LogP contribution in [0.3, 0.4) is 0 Å². The van der Waals surface area contributed by atoms with Gasteiger partial charge in [0.25, 0.3) is 0 Å². The molecule has 0 spiro atoms. The van der Waals surface area contributed by atoms with Crippen LogP contribution in [0.2, 0.25) is 0 Å². The molecule has 0 radical (unpaired) electrons. The lowest BCUT2D eigenvalue weighted by Crippen LogP contribution is -2.31. The van der Waals surface area contributed by atoms with E-state index in [2.05, 4.69) is 35.7 Å². The predicted octanol–water partition coefficient (Wildman–Crippen LogP) is 3.00. The second kappa shape index (κ2) is 5.57. The Bertz CT molecular complexity index is 305. The molecule has 0 unspecified atom stereocenters. The summed E-state index contributed by atoms with van der Waals surface area (Å²) < 4.78 is 0. The average molecular weight is 221 g/mol. The lowest BCUT2D eigenvalue weighted by atomic mass is 10.1. The Balaban J connectivity index is 1.84. The molecular formula is C13H19NS. The van der Waals surface area contributed by atoms with Gasteiger partial charge in [-0.1, -0.05) is 24.6 Å². The van der Waals surface area contributed by atoms with Crippen LogP contribution in [0.15, 0.2) is 29.2 Å².